The first-order chi connectivity index (χ1) is 10.2. The maximum atomic E-state index is 10.4. The van der Waals surface area contributed by atoms with Gasteiger partial charge in [-0.15, -0.1) is 0 Å². The van der Waals surface area contributed by atoms with Crippen molar-refractivity contribution in [2.75, 3.05) is 6.54 Å². The van der Waals surface area contributed by atoms with E-state index in [0.717, 1.165) is 16.9 Å². The Kier molecular flexibility index (Phi) is 5.79. The van der Waals surface area contributed by atoms with Gasteiger partial charge in [-0.3, -0.25) is 4.79 Å². The lowest BCUT2D eigenvalue weighted by molar-refractivity contribution is -0.136. The second kappa shape index (κ2) is 8.07. The molecule has 2 rings (SSSR count). The van der Waals surface area contributed by atoms with Gasteiger partial charge in [-0.05, 0) is 23.3 Å². The van der Waals surface area contributed by atoms with E-state index in [9.17, 15) is 4.79 Å². The summed E-state index contributed by atoms with van der Waals surface area (Å²) < 4.78 is 5.76. The maximum absolute atomic E-state index is 10.4. The van der Waals surface area contributed by atoms with E-state index in [1.807, 2.05) is 54.6 Å². The van der Waals surface area contributed by atoms with Crippen LogP contribution >= 0.6 is 0 Å². The van der Waals surface area contributed by atoms with E-state index in [1.54, 1.807) is 0 Å². The molecule has 0 saturated carbocycles. The van der Waals surface area contributed by atoms with Gasteiger partial charge in [-0.2, -0.15) is 0 Å². The molecule has 0 heterocycles. The van der Waals surface area contributed by atoms with Crippen LogP contribution in [0.4, 0.5) is 0 Å². The van der Waals surface area contributed by atoms with Crippen LogP contribution in [0, 0.1) is 0 Å². The molecule has 4 heteroatoms. The van der Waals surface area contributed by atoms with Crippen molar-refractivity contribution in [3.8, 4) is 5.75 Å². The zero-order valence-corrected chi connectivity index (χ0v) is 11.8. The molecule has 0 aliphatic carbocycles. The summed E-state index contributed by atoms with van der Waals surface area (Å²) in [6.07, 6.45) is 0.129. The van der Waals surface area contributed by atoms with Crippen LogP contribution in [0.5, 0.6) is 5.75 Å². The van der Waals surface area contributed by atoms with Gasteiger partial charge >= 0.3 is 5.97 Å². The highest BCUT2D eigenvalue weighted by atomic mass is 16.5. The number of ether oxygens (including phenoxy) is 1. The van der Waals surface area contributed by atoms with Crippen LogP contribution in [0.25, 0.3) is 0 Å². The van der Waals surface area contributed by atoms with Gasteiger partial charge in [0.05, 0.1) is 6.42 Å². The lowest BCUT2D eigenvalue weighted by Gasteiger charge is -2.09. The first-order valence-corrected chi connectivity index (χ1v) is 6.92. The van der Waals surface area contributed by atoms with Gasteiger partial charge in [0.25, 0.3) is 0 Å². The highest BCUT2D eigenvalue weighted by molar-refractivity contribution is 5.66. The number of rotatable bonds is 8. The summed E-state index contributed by atoms with van der Waals surface area (Å²) in [6, 6.07) is 17.8. The summed E-state index contributed by atoms with van der Waals surface area (Å²) in [5, 5.41) is 11.7. The van der Waals surface area contributed by atoms with E-state index in [2.05, 4.69) is 5.32 Å². The van der Waals surface area contributed by atoms with Crippen molar-refractivity contribution in [1.29, 1.82) is 0 Å². The number of carboxylic acids is 1. The van der Waals surface area contributed by atoms with Gasteiger partial charge in [-0.25, -0.2) is 0 Å². The average Bonchev–Trinajstić information content (AvgIpc) is 2.51. The van der Waals surface area contributed by atoms with Gasteiger partial charge in [-0.1, -0.05) is 42.5 Å². The van der Waals surface area contributed by atoms with Crippen LogP contribution in [-0.4, -0.2) is 17.6 Å². The Morgan fingerprint density at radius 3 is 2.57 bits per heavy atom. The standard InChI is InChI=1S/C17H19NO3/c19-17(20)9-10-18-12-15-7-4-8-16(11-15)21-13-14-5-2-1-3-6-14/h1-8,11,18H,9-10,12-13H2,(H,19,20). The van der Waals surface area contributed by atoms with Gasteiger partial charge in [0, 0.05) is 13.1 Å². The minimum Gasteiger partial charge on any atom is -0.489 e. The first-order valence-electron chi connectivity index (χ1n) is 6.92. The molecule has 0 atom stereocenters. The van der Waals surface area contributed by atoms with E-state index in [0.29, 0.717) is 19.7 Å². The van der Waals surface area contributed by atoms with Gasteiger partial charge in [0.1, 0.15) is 12.4 Å². The number of nitrogens with one attached hydrogen (secondary N) is 1. The zero-order valence-electron chi connectivity index (χ0n) is 11.8. The Labute approximate surface area is 124 Å². The number of hydrogen-bond acceptors (Lipinski definition) is 3. The molecule has 0 aliphatic rings. The SMILES string of the molecule is O=C(O)CCNCc1cccc(OCc2ccccc2)c1. The van der Waals surface area contributed by atoms with E-state index in [-0.39, 0.29) is 6.42 Å². The summed E-state index contributed by atoms with van der Waals surface area (Å²) in [4.78, 5) is 10.4. The number of aliphatic carboxylic acids is 1. The van der Waals surface area contributed by atoms with Crippen LogP contribution in [0.2, 0.25) is 0 Å². The van der Waals surface area contributed by atoms with Gasteiger partial charge in [0.2, 0.25) is 0 Å². The number of hydrogen-bond donors (Lipinski definition) is 2. The summed E-state index contributed by atoms with van der Waals surface area (Å²) in [7, 11) is 0. The van der Waals surface area contributed by atoms with E-state index in [4.69, 9.17) is 9.84 Å². The first kappa shape index (κ1) is 15.1. The summed E-state index contributed by atoms with van der Waals surface area (Å²) >= 11 is 0. The normalized spacial score (nSPS) is 10.3. The Hall–Kier alpha value is -2.33. The number of carboxylic acid groups (broad SMARTS) is 1. The number of benzene rings is 2. The van der Waals surface area contributed by atoms with Crippen molar-refractivity contribution in [2.45, 2.75) is 19.6 Å². The molecule has 0 bridgehead atoms. The minimum absolute atomic E-state index is 0.129. The molecule has 0 aromatic heterocycles. The van der Waals surface area contributed by atoms with Crippen molar-refractivity contribution >= 4 is 5.97 Å². The minimum atomic E-state index is -0.789. The molecule has 110 valence electrons. The van der Waals surface area contributed by atoms with Gasteiger partial charge in [0.15, 0.2) is 0 Å². The largest absolute Gasteiger partial charge is 0.489 e. The molecule has 2 N–H and O–H groups in total. The molecule has 0 saturated heterocycles. The molecular formula is C17H19NO3. The predicted molar refractivity (Wildman–Crippen MR) is 81.2 cm³/mol. The van der Waals surface area contributed by atoms with Crippen molar-refractivity contribution in [3.05, 3.63) is 65.7 Å². The predicted octanol–water partition coefficient (Wildman–Crippen LogP) is 2.83. The van der Waals surface area contributed by atoms with Gasteiger partial charge < -0.3 is 15.2 Å². The molecule has 0 unspecified atom stereocenters. The fourth-order valence-electron chi connectivity index (χ4n) is 1.91. The molecule has 0 fully saturated rings. The zero-order chi connectivity index (χ0) is 14.9. The lowest BCUT2D eigenvalue weighted by atomic mass is 10.2. The van der Waals surface area contributed by atoms with Crippen LogP contribution in [0.15, 0.2) is 54.6 Å². The molecule has 0 radical (unpaired) electrons. The van der Waals surface area contributed by atoms with Crippen molar-refractivity contribution in [1.82, 2.24) is 5.32 Å². The Morgan fingerprint density at radius 2 is 1.81 bits per heavy atom. The Balaban J connectivity index is 1.81. The summed E-state index contributed by atoms with van der Waals surface area (Å²) in [6.45, 7) is 1.64. The Morgan fingerprint density at radius 1 is 1.05 bits per heavy atom. The van der Waals surface area contributed by atoms with Crippen LogP contribution in [0.3, 0.4) is 0 Å². The smallest absolute Gasteiger partial charge is 0.304 e. The quantitative estimate of drug-likeness (QED) is 0.732. The Bertz CT molecular complexity index is 569. The van der Waals surface area contributed by atoms with Crippen LogP contribution in [-0.2, 0) is 17.9 Å². The molecule has 4 nitrogen and oxygen atoms in total. The monoisotopic (exact) mass is 285 g/mol. The fourth-order valence-corrected chi connectivity index (χ4v) is 1.91. The second-order valence-electron chi connectivity index (χ2n) is 4.74. The van der Waals surface area contributed by atoms with Crippen molar-refractivity contribution < 1.29 is 14.6 Å². The second-order valence-corrected chi connectivity index (χ2v) is 4.74. The average molecular weight is 285 g/mol. The molecule has 0 spiro atoms. The fraction of sp³-hybridized carbons (Fsp3) is 0.235. The van der Waals surface area contributed by atoms with Crippen LogP contribution < -0.4 is 10.1 Å². The molecule has 0 amide bonds. The van der Waals surface area contributed by atoms with E-state index < -0.39 is 5.97 Å². The third kappa shape index (κ3) is 5.67. The van der Waals surface area contributed by atoms with E-state index >= 15 is 0 Å². The summed E-state index contributed by atoms with van der Waals surface area (Å²) in [5.41, 5.74) is 2.20. The third-order valence-corrected chi connectivity index (χ3v) is 2.99. The summed E-state index contributed by atoms with van der Waals surface area (Å²) in [5.74, 6) is 0.0267. The lowest BCUT2D eigenvalue weighted by Crippen LogP contribution is -2.17. The maximum Gasteiger partial charge on any atom is 0.304 e. The van der Waals surface area contributed by atoms with Crippen molar-refractivity contribution in [2.24, 2.45) is 0 Å². The molecule has 21 heavy (non-hydrogen) atoms. The molecule has 2 aromatic rings. The molecule has 0 aliphatic heterocycles. The van der Waals surface area contributed by atoms with Crippen LogP contribution in [0.1, 0.15) is 17.5 Å². The highest BCUT2D eigenvalue weighted by Crippen LogP contribution is 2.15. The van der Waals surface area contributed by atoms with E-state index in [1.165, 1.54) is 0 Å². The third-order valence-electron chi connectivity index (χ3n) is 2.99. The highest BCUT2D eigenvalue weighted by Gasteiger charge is 1.99. The molecule has 2 aromatic carbocycles. The topological polar surface area (TPSA) is 58.6 Å². The van der Waals surface area contributed by atoms with Crippen molar-refractivity contribution in [3.63, 3.8) is 0 Å². The molecular weight excluding hydrogens is 266 g/mol. The number of carbonyl (C=O) groups is 1.